The summed E-state index contributed by atoms with van der Waals surface area (Å²) in [4.78, 5) is 11.3. The molecule has 1 aromatic rings. The second kappa shape index (κ2) is 3.50. The Labute approximate surface area is 112 Å². The van der Waals surface area contributed by atoms with Crippen LogP contribution < -0.4 is 5.01 Å². The summed E-state index contributed by atoms with van der Waals surface area (Å²) in [5, 5.41) is 12.4. The molecule has 0 N–H and O–H groups in total. The van der Waals surface area contributed by atoms with Crippen molar-refractivity contribution in [1.29, 1.82) is 0 Å². The van der Waals surface area contributed by atoms with E-state index in [4.69, 9.17) is 0 Å². The van der Waals surface area contributed by atoms with Crippen LogP contribution in [0.25, 0.3) is 0 Å². The van der Waals surface area contributed by atoms with Crippen molar-refractivity contribution < 1.29 is 5.03 Å². The number of anilines is 1. The molecule has 1 heterocycles. The highest BCUT2D eigenvalue weighted by molar-refractivity contribution is 5.60. The number of nitrogens with zero attached hydrogens (tertiary/aromatic N) is 2. The van der Waals surface area contributed by atoms with Gasteiger partial charge in [0.25, 0.3) is 0 Å². The zero-order chi connectivity index (χ0) is 13.1. The number of benzene rings is 1. The first-order valence-corrected chi connectivity index (χ1v) is 7.16. The average molecular weight is 258 g/mol. The summed E-state index contributed by atoms with van der Waals surface area (Å²) in [6.45, 7) is 0.565. The van der Waals surface area contributed by atoms with Crippen LogP contribution in [0.1, 0.15) is 44.1 Å². The average Bonchev–Trinajstić information content (AvgIpc) is 3.11. The molecule has 3 aliphatic rings. The van der Waals surface area contributed by atoms with Crippen LogP contribution in [0.15, 0.2) is 24.3 Å². The largest absolute Gasteiger partial charge is 0.234 e. The predicted molar refractivity (Wildman–Crippen MR) is 72.6 cm³/mol. The van der Waals surface area contributed by atoms with Crippen LogP contribution in [-0.2, 0) is 5.41 Å². The van der Waals surface area contributed by atoms with Gasteiger partial charge in [-0.2, -0.15) is 0 Å². The van der Waals surface area contributed by atoms with E-state index < -0.39 is 0 Å². The van der Waals surface area contributed by atoms with Gasteiger partial charge in [0.2, 0.25) is 0 Å². The van der Waals surface area contributed by atoms with Gasteiger partial charge in [0.15, 0.2) is 5.03 Å². The fourth-order valence-corrected chi connectivity index (χ4v) is 4.11. The molecule has 4 heteroatoms. The molecule has 2 spiro atoms. The molecule has 0 bridgehead atoms. The summed E-state index contributed by atoms with van der Waals surface area (Å²) in [6.07, 6.45) is 7.51. The Morgan fingerprint density at radius 2 is 1.68 bits per heavy atom. The Hall–Kier alpha value is -1.58. The number of hydrogen-bond donors (Lipinski definition) is 0. The minimum absolute atomic E-state index is 0.0392. The molecule has 0 aromatic heterocycles. The number of para-hydroxylation sites is 1. The van der Waals surface area contributed by atoms with E-state index in [9.17, 15) is 10.1 Å². The predicted octanol–water partition coefficient (Wildman–Crippen LogP) is 3.29. The van der Waals surface area contributed by atoms with Gasteiger partial charge in [-0.15, -0.1) is 0 Å². The van der Waals surface area contributed by atoms with E-state index in [0.717, 1.165) is 18.5 Å². The second-order valence-electron chi connectivity index (χ2n) is 6.59. The summed E-state index contributed by atoms with van der Waals surface area (Å²) in [7, 11) is 0. The molecule has 19 heavy (non-hydrogen) atoms. The van der Waals surface area contributed by atoms with Crippen molar-refractivity contribution >= 4 is 5.69 Å². The third-order valence-corrected chi connectivity index (χ3v) is 5.63. The van der Waals surface area contributed by atoms with Gasteiger partial charge in [-0.05, 0) is 55.6 Å². The second-order valence-corrected chi connectivity index (χ2v) is 6.59. The first-order chi connectivity index (χ1) is 9.14. The van der Waals surface area contributed by atoms with E-state index in [1.165, 1.54) is 36.3 Å². The van der Waals surface area contributed by atoms with Crippen molar-refractivity contribution in [2.24, 2.45) is 5.41 Å². The summed E-state index contributed by atoms with van der Waals surface area (Å²) >= 11 is 0. The van der Waals surface area contributed by atoms with Gasteiger partial charge in [-0.3, -0.25) is 0 Å². The lowest BCUT2D eigenvalue weighted by molar-refractivity contribution is -0.494. The molecule has 0 saturated heterocycles. The number of fused-ring (bicyclic) bond motifs is 2. The van der Waals surface area contributed by atoms with E-state index in [0.29, 0.717) is 12.0 Å². The van der Waals surface area contributed by atoms with Gasteiger partial charge in [0.05, 0.1) is 6.54 Å². The van der Waals surface area contributed by atoms with E-state index in [1.54, 1.807) is 0 Å². The minimum atomic E-state index is -0.241. The standard InChI is InChI=1S/C15H18N2O2/c18-17(19)16-11-15(12-3-1-2-4-13(12)16)9-7-14(5-6-14)8-10-15/h1-4H,5-11H2. The van der Waals surface area contributed by atoms with Gasteiger partial charge in [0.1, 0.15) is 5.69 Å². The molecule has 0 unspecified atom stereocenters. The molecule has 0 radical (unpaired) electrons. The van der Waals surface area contributed by atoms with Crippen molar-refractivity contribution in [2.75, 3.05) is 11.6 Å². The lowest BCUT2D eigenvalue weighted by Crippen LogP contribution is -2.39. The maximum atomic E-state index is 11.3. The summed E-state index contributed by atoms with van der Waals surface area (Å²) in [5.41, 5.74) is 2.70. The van der Waals surface area contributed by atoms with E-state index in [-0.39, 0.29) is 10.4 Å². The molecule has 0 atom stereocenters. The molecule has 2 fully saturated rings. The lowest BCUT2D eigenvalue weighted by Gasteiger charge is -2.37. The molecule has 2 aliphatic carbocycles. The van der Waals surface area contributed by atoms with Gasteiger partial charge in [-0.25, -0.2) is 10.1 Å². The Morgan fingerprint density at radius 1 is 1.05 bits per heavy atom. The van der Waals surface area contributed by atoms with Crippen molar-refractivity contribution in [3.63, 3.8) is 0 Å². The smallest absolute Gasteiger partial charge is 0.165 e. The van der Waals surface area contributed by atoms with Gasteiger partial charge >= 0.3 is 0 Å². The number of hydrazine groups is 1. The van der Waals surface area contributed by atoms with Crippen LogP contribution in [-0.4, -0.2) is 11.6 Å². The number of nitro groups is 1. The normalized spacial score (nSPS) is 25.6. The Balaban J connectivity index is 1.72. The quantitative estimate of drug-likeness (QED) is 0.573. The highest BCUT2D eigenvalue weighted by Gasteiger charge is 2.54. The van der Waals surface area contributed by atoms with Crippen molar-refractivity contribution in [1.82, 2.24) is 0 Å². The molecule has 1 aliphatic heterocycles. The number of rotatable bonds is 1. The van der Waals surface area contributed by atoms with Crippen LogP contribution in [0.2, 0.25) is 0 Å². The zero-order valence-corrected chi connectivity index (χ0v) is 11.0. The first-order valence-electron chi connectivity index (χ1n) is 7.16. The fraction of sp³-hybridized carbons (Fsp3) is 0.600. The third kappa shape index (κ3) is 1.52. The SMILES string of the molecule is O=[N+]([O-])N1CC2(CCC3(CC3)CC2)c2ccccc21. The topological polar surface area (TPSA) is 46.4 Å². The highest BCUT2D eigenvalue weighted by Crippen LogP contribution is 2.62. The van der Waals surface area contributed by atoms with Crippen molar-refractivity contribution in [3.8, 4) is 0 Å². The lowest BCUT2D eigenvalue weighted by atomic mass is 9.66. The van der Waals surface area contributed by atoms with Crippen LogP contribution in [0.4, 0.5) is 5.69 Å². The maximum absolute atomic E-state index is 11.3. The molecule has 4 nitrogen and oxygen atoms in total. The van der Waals surface area contributed by atoms with E-state index >= 15 is 0 Å². The molecule has 2 saturated carbocycles. The first kappa shape index (κ1) is 11.3. The van der Waals surface area contributed by atoms with Crippen molar-refractivity contribution in [2.45, 2.75) is 43.9 Å². The van der Waals surface area contributed by atoms with Gasteiger partial charge in [-0.1, -0.05) is 23.2 Å². The minimum Gasteiger partial charge on any atom is -0.234 e. The van der Waals surface area contributed by atoms with Crippen LogP contribution in [0, 0.1) is 15.5 Å². The summed E-state index contributed by atoms with van der Waals surface area (Å²) < 4.78 is 0. The summed E-state index contributed by atoms with van der Waals surface area (Å²) in [5.74, 6) is 0. The van der Waals surface area contributed by atoms with Crippen LogP contribution in [0.3, 0.4) is 0 Å². The molecule has 4 rings (SSSR count). The van der Waals surface area contributed by atoms with E-state index in [2.05, 4.69) is 6.07 Å². The fourth-order valence-electron chi connectivity index (χ4n) is 4.11. The molecular weight excluding hydrogens is 240 g/mol. The van der Waals surface area contributed by atoms with Crippen LogP contribution in [0.5, 0.6) is 0 Å². The monoisotopic (exact) mass is 258 g/mol. The molecule has 1 aromatic carbocycles. The third-order valence-electron chi connectivity index (χ3n) is 5.63. The Morgan fingerprint density at radius 3 is 2.32 bits per heavy atom. The molecule has 0 amide bonds. The maximum Gasteiger partial charge on any atom is 0.165 e. The highest BCUT2D eigenvalue weighted by atomic mass is 16.7. The van der Waals surface area contributed by atoms with Gasteiger partial charge < -0.3 is 0 Å². The van der Waals surface area contributed by atoms with Crippen LogP contribution >= 0.6 is 0 Å². The van der Waals surface area contributed by atoms with Gasteiger partial charge in [0, 0.05) is 5.41 Å². The molecule has 100 valence electrons. The number of hydrogen-bond acceptors (Lipinski definition) is 2. The summed E-state index contributed by atoms with van der Waals surface area (Å²) in [6, 6.07) is 7.92. The zero-order valence-electron chi connectivity index (χ0n) is 11.0. The van der Waals surface area contributed by atoms with E-state index in [1.807, 2.05) is 18.2 Å². The molecular formula is C15H18N2O2. The Kier molecular flexibility index (Phi) is 2.07. The Bertz CT molecular complexity index is 541. The van der Waals surface area contributed by atoms with Crippen molar-refractivity contribution in [3.05, 3.63) is 39.9 Å².